The van der Waals surface area contributed by atoms with Crippen LogP contribution in [-0.4, -0.2) is 57.6 Å². The number of anilines is 1. The van der Waals surface area contributed by atoms with Gasteiger partial charge in [0.25, 0.3) is 0 Å². The molecule has 0 bridgehead atoms. The maximum Gasteiger partial charge on any atom is 0.165 e. The summed E-state index contributed by atoms with van der Waals surface area (Å²) in [5, 5.41) is 0. The van der Waals surface area contributed by atoms with Gasteiger partial charge in [0.05, 0.1) is 0 Å². The molecule has 22 heavy (non-hydrogen) atoms. The summed E-state index contributed by atoms with van der Waals surface area (Å²) in [5.74, 6) is 2.86. The van der Waals surface area contributed by atoms with Crippen molar-refractivity contribution in [3.63, 3.8) is 0 Å². The second-order valence-electron chi connectivity index (χ2n) is 6.43. The average molecular weight is 302 g/mol. The second-order valence-corrected chi connectivity index (χ2v) is 6.43. The molecule has 0 radical (unpaired) electrons. The van der Waals surface area contributed by atoms with Gasteiger partial charge in [-0.25, -0.2) is 15.0 Å². The molecule has 1 aliphatic heterocycles. The van der Waals surface area contributed by atoms with Crippen LogP contribution < -0.4 is 4.90 Å². The van der Waals surface area contributed by atoms with Crippen LogP contribution in [0.3, 0.4) is 0 Å². The van der Waals surface area contributed by atoms with Crippen molar-refractivity contribution >= 4 is 17.0 Å². The van der Waals surface area contributed by atoms with E-state index in [4.69, 9.17) is 9.97 Å². The van der Waals surface area contributed by atoms with Gasteiger partial charge in [-0.3, -0.25) is 0 Å². The van der Waals surface area contributed by atoms with Crippen molar-refractivity contribution in [1.29, 1.82) is 0 Å². The van der Waals surface area contributed by atoms with Crippen LogP contribution in [0.1, 0.15) is 31.4 Å². The lowest BCUT2D eigenvalue weighted by Crippen LogP contribution is -2.31. The molecule has 0 amide bonds. The highest BCUT2D eigenvalue weighted by Gasteiger charge is 2.28. The Morgan fingerprint density at radius 3 is 2.59 bits per heavy atom. The molecule has 6 heteroatoms. The molecule has 3 heterocycles. The summed E-state index contributed by atoms with van der Waals surface area (Å²) in [5.41, 5.74) is 1.94. The summed E-state index contributed by atoms with van der Waals surface area (Å²) in [6.07, 6.45) is 2.25. The number of hydrogen-bond acceptors (Lipinski definition) is 5. The summed E-state index contributed by atoms with van der Waals surface area (Å²) in [4.78, 5) is 18.8. The normalized spacial score (nSPS) is 18.8. The van der Waals surface area contributed by atoms with Gasteiger partial charge in [0, 0.05) is 25.7 Å². The maximum absolute atomic E-state index is 4.77. The standard InChI is InChI=1S/C16H26N6/c1-6-8-22-12(3)19-14-15(17-11(2)18-16(14)22)21-9-7-13(10-21)20(4)5/h13H,6-10H2,1-5H3. The lowest BCUT2D eigenvalue weighted by molar-refractivity contribution is 0.315. The molecule has 120 valence electrons. The zero-order valence-corrected chi connectivity index (χ0v) is 14.3. The van der Waals surface area contributed by atoms with Gasteiger partial charge >= 0.3 is 0 Å². The molecule has 0 N–H and O–H groups in total. The van der Waals surface area contributed by atoms with Crippen LogP contribution in [0.4, 0.5) is 5.82 Å². The fourth-order valence-electron chi connectivity index (χ4n) is 3.27. The van der Waals surface area contributed by atoms with Crippen LogP contribution in [-0.2, 0) is 6.54 Å². The predicted octanol–water partition coefficient (Wildman–Crippen LogP) is 1.99. The molecule has 1 unspecified atom stereocenters. The molecule has 0 aliphatic carbocycles. The fraction of sp³-hybridized carbons (Fsp3) is 0.688. The minimum atomic E-state index is 0.587. The van der Waals surface area contributed by atoms with Gasteiger partial charge in [0.2, 0.25) is 0 Å². The summed E-state index contributed by atoms with van der Waals surface area (Å²) < 4.78 is 2.22. The van der Waals surface area contributed by atoms with Gasteiger partial charge in [0.15, 0.2) is 17.0 Å². The largest absolute Gasteiger partial charge is 0.353 e. The van der Waals surface area contributed by atoms with Crippen molar-refractivity contribution in [2.45, 2.75) is 46.2 Å². The number of likely N-dealkylation sites (N-methyl/N-ethyl adjacent to an activating group) is 1. The first-order valence-corrected chi connectivity index (χ1v) is 8.14. The van der Waals surface area contributed by atoms with E-state index in [2.05, 4.69) is 47.3 Å². The Labute approximate surface area is 132 Å². The summed E-state index contributed by atoms with van der Waals surface area (Å²) in [6.45, 7) is 9.22. The molecule has 2 aromatic heterocycles. The molecular weight excluding hydrogens is 276 g/mol. The first-order chi connectivity index (χ1) is 10.5. The molecular formula is C16H26N6. The van der Waals surface area contributed by atoms with Gasteiger partial charge < -0.3 is 14.4 Å². The van der Waals surface area contributed by atoms with E-state index in [1.807, 2.05) is 6.92 Å². The molecule has 2 aromatic rings. The van der Waals surface area contributed by atoms with E-state index in [9.17, 15) is 0 Å². The van der Waals surface area contributed by atoms with Crippen LogP contribution >= 0.6 is 0 Å². The van der Waals surface area contributed by atoms with Crippen LogP contribution in [0.25, 0.3) is 11.2 Å². The Morgan fingerprint density at radius 2 is 1.95 bits per heavy atom. The van der Waals surface area contributed by atoms with Crippen molar-refractivity contribution in [3.8, 4) is 0 Å². The highest BCUT2D eigenvalue weighted by molar-refractivity contribution is 5.84. The van der Waals surface area contributed by atoms with Crippen LogP contribution in [0, 0.1) is 13.8 Å². The Balaban J connectivity index is 2.05. The van der Waals surface area contributed by atoms with Crippen molar-refractivity contribution in [2.75, 3.05) is 32.1 Å². The third kappa shape index (κ3) is 2.56. The molecule has 0 aromatic carbocycles. The van der Waals surface area contributed by atoms with Gasteiger partial charge in [-0.1, -0.05) is 6.92 Å². The Kier molecular flexibility index (Phi) is 4.04. The van der Waals surface area contributed by atoms with Crippen molar-refractivity contribution < 1.29 is 0 Å². The number of rotatable bonds is 4. The predicted molar refractivity (Wildman–Crippen MR) is 89.4 cm³/mol. The van der Waals surface area contributed by atoms with Crippen molar-refractivity contribution in [3.05, 3.63) is 11.6 Å². The summed E-state index contributed by atoms with van der Waals surface area (Å²) in [6, 6.07) is 0.587. The van der Waals surface area contributed by atoms with E-state index >= 15 is 0 Å². The highest BCUT2D eigenvalue weighted by Crippen LogP contribution is 2.28. The second kappa shape index (κ2) is 5.83. The number of fused-ring (bicyclic) bond motifs is 1. The van der Waals surface area contributed by atoms with E-state index in [0.717, 1.165) is 54.7 Å². The number of aromatic nitrogens is 4. The lowest BCUT2D eigenvalue weighted by atomic mass is 10.2. The number of imidazole rings is 1. The van der Waals surface area contributed by atoms with E-state index in [1.54, 1.807) is 0 Å². The first kappa shape index (κ1) is 15.2. The van der Waals surface area contributed by atoms with Gasteiger partial charge in [0.1, 0.15) is 11.6 Å². The smallest absolute Gasteiger partial charge is 0.165 e. The quantitative estimate of drug-likeness (QED) is 0.864. The van der Waals surface area contributed by atoms with Crippen molar-refractivity contribution in [2.24, 2.45) is 0 Å². The Bertz CT molecular complexity index is 675. The zero-order chi connectivity index (χ0) is 15.9. The van der Waals surface area contributed by atoms with E-state index in [1.165, 1.54) is 6.42 Å². The van der Waals surface area contributed by atoms with Crippen LogP contribution in [0.2, 0.25) is 0 Å². The monoisotopic (exact) mass is 302 g/mol. The van der Waals surface area contributed by atoms with Gasteiger partial charge in [-0.15, -0.1) is 0 Å². The van der Waals surface area contributed by atoms with Crippen molar-refractivity contribution in [1.82, 2.24) is 24.4 Å². The minimum Gasteiger partial charge on any atom is -0.353 e. The number of hydrogen-bond donors (Lipinski definition) is 0. The Morgan fingerprint density at radius 1 is 1.18 bits per heavy atom. The van der Waals surface area contributed by atoms with E-state index < -0.39 is 0 Å². The third-order valence-corrected chi connectivity index (χ3v) is 4.52. The zero-order valence-electron chi connectivity index (χ0n) is 14.3. The van der Waals surface area contributed by atoms with Gasteiger partial charge in [-0.2, -0.15) is 0 Å². The average Bonchev–Trinajstić information content (AvgIpc) is 3.05. The third-order valence-electron chi connectivity index (χ3n) is 4.52. The molecule has 0 saturated carbocycles. The van der Waals surface area contributed by atoms with Crippen LogP contribution in [0.5, 0.6) is 0 Å². The maximum atomic E-state index is 4.77. The molecule has 6 nitrogen and oxygen atoms in total. The summed E-state index contributed by atoms with van der Waals surface area (Å²) in [7, 11) is 4.30. The molecule has 1 atom stereocenters. The SMILES string of the molecule is CCCn1c(C)nc2c(N3CCC(N(C)C)C3)nc(C)nc21. The van der Waals surface area contributed by atoms with Gasteiger partial charge in [-0.05, 0) is 40.8 Å². The molecule has 3 rings (SSSR count). The molecule has 1 saturated heterocycles. The lowest BCUT2D eigenvalue weighted by Gasteiger charge is -2.21. The molecule has 0 spiro atoms. The highest BCUT2D eigenvalue weighted by atomic mass is 15.3. The number of aryl methyl sites for hydroxylation is 3. The molecule has 1 fully saturated rings. The minimum absolute atomic E-state index is 0.587. The first-order valence-electron chi connectivity index (χ1n) is 8.14. The summed E-state index contributed by atoms with van der Waals surface area (Å²) >= 11 is 0. The molecule has 1 aliphatic rings. The fourth-order valence-corrected chi connectivity index (χ4v) is 3.27. The van der Waals surface area contributed by atoms with E-state index in [-0.39, 0.29) is 0 Å². The van der Waals surface area contributed by atoms with Crippen LogP contribution in [0.15, 0.2) is 0 Å². The number of nitrogens with zero attached hydrogens (tertiary/aromatic N) is 6. The topological polar surface area (TPSA) is 50.1 Å². The Hall–Kier alpha value is -1.69. The van der Waals surface area contributed by atoms with E-state index in [0.29, 0.717) is 6.04 Å².